The lowest BCUT2D eigenvalue weighted by Gasteiger charge is -2.40. The minimum absolute atomic E-state index is 0.0117. The molecule has 1 fully saturated rings. The van der Waals surface area contributed by atoms with E-state index in [1.165, 1.54) is 24.3 Å². The summed E-state index contributed by atoms with van der Waals surface area (Å²) in [5.74, 6) is -0.0299. The first-order chi connectivity index (χ1) is 18.5. The summed E-state index contributed by atoms with van der Waals surface area (Å²) in [5.41, 5.74) is 1.15. The minimum atomic E-state index is -4.39. The van der Waals surface area contributed by atoms with Gasteiger partial charge in [0.05, 0.1) is 47.8 Å². The van der Waals surface area contributed by atoms with Crippen LogP contribution in [0, 0.1) is 11.3 Å². The summed E-state index contributed by atoms with van der Waals surface area (Å²) in [6, 6.07) is 19.1. The van der Waals surface area contributed by atoms with Gasteiger partial charge in [-0.15, -0.1) is 0 Å². The normalized spacial score (nSPS) is 14.7. The molecule has 1 aliphatic heterocycles. The van der Waals surface area contributed by atoms with Gasteiger partial charge in [-0.1, -0.05) is 19.1 Å². The molecule has 1 N–H and O–H groups in total. The van der Waals surface area contributed by atoms with Gasteiger partial charge in [0.15, 0.2) is 9.84 Å². The molecule has 1 amide bonds. The van der Waals surface area contributed by atoms with E-state index >= 15 is 0 Å². The second kappa shape index (κ2) is 11.4. The number of sulfone groups is 1. The van der Waals surface area contributed by atoms with Crippen LogP contribution < -0.4 is 15.0 Å². The summed E-state index contributed by atoms with van der Waals surface area (Å²) in [7, 11) is -3.36. The lowest BCUT2D eigenvalue weighted by atomic mass is 10.0. The van der Waals surface area contributed by atoms with E-state index in [0.29, 0.717) is 30.0 Å². The van der Waals surface area contributed by atoms with Gasteiger partial charge in [-0.05, 0) is 66.2 Å². The number of carbonyl (C=O) groups excluding carboxylic acids is 1. The van der Waals surface area contributed by atoms with Crippen molar-refractivity contribution >= 4 is 21.4 Å². The number of carbonyl (C=O) groups is 1. The Kier molecular flexibility index (Phi) is 8.16. The molecule has 0 bridgehead atoms. The summed E-state index contributed by atoms with van der Waals surface area (Å²) in [4.78, 5) is 15.1. The Hall–Kier alpha value is -4.04. The number of anilines is 1. The third-order valence-electron chi connectivity index (χ3n) is 6.45. The Balaban J connectivity index is 1.33. The summed E-state index contributed by atoms with van der Waals surface area (Å²) in [6.45, 7) is 2.64. The van der Waals surface area contributed by atoms with Crippen molar-refractivity contribution in [2.24, 2.45) is 0 Å². The predicted molar refractivity (Wildman–Crippen MR) is 139 cm³/mol. The minimum Gasteiger partial charge on any atom is -0.487 e. The van der Waals surface area contributed by atoms with Crippen molar-refractivity contribution in [3.05, 3.63) is 89.5 Å². The van der Waals surface area contributed by atoms with Crippen molar-refractivity contribution in [1.82, 2.24) is 5.32 Å². The molecule has 3 aromatic carbocycles. The van der Waals surface area contributed by atoms with Gasteiger partial charge in [-0.25, -0.2) is 8.42 Å². The van der Waals surface area contributed by atoms with Gasteiger partial charge in [0, 0.05) is 11.3 Å². The standard InChI is InChI=1S/C28H26F3N3O4S/c1-2-39(36,37)25-13-5-19(6-14-25)26(15-16-32)33-27(35)20-3-9-22(10-4-20)34-17-24(18-34)38-23-11-7-21(8-12-23)28(29,30)31/h3-14,24,26H,2,15,17-18H2,1H3,(H,33,35). The number of nitrogens with zero attached hydrogens (tertiary/aromatic N) is 2. The number of benzene rings is 3. The van der Waals surface area contributed by atoms with Crippen LogP contribution in [0.4, 0.5) is 18.9 Å². The zero-order valence-electron chi connectivity index (χ0n) is 21.0. The van der Waals surface area contributed by atoms with Crippen LogP contribution in [-0.2, 0) is 16.0 Å². The quantitative estimate of drug-likeness (QED) is 0.391. The third-order valence-corrected chi connectivity index (χ3v) is 8.20. The zero-order valence-corrected chi connectivity index (χ0v) is 21.8. The molecular formula is C28H26F3N3O4S. The van der Waals surface area contributed by atoms with E-state index < -0.39 is 27.6 Å². The third kappa shape index (κ3) is 6.70. The fourth-order valence-corrected chi connectivity index (χ4v) is 5.01. The molecule has 0 radical (unpaired) electrons. The Morgan fingerprint density at radius 1 is 1.05 bits per heavy atom. The van der Waals surface area contributed by atoms with Crippen LogP contribution in [0.25, 0.3) is 0 Å². The lowest BCUT2D eigenvalue weighted by Crippen LogP contribution is -2.54. The average molecular weight is 558 g/mol. The highest BCUT2D eigenvalue weighted by molar-refractivity contribution is 7.91. The summed E-state index contributed by atoms with van der Waals surface area (Å²) in [5, 5.41) is 12.1. The largest absolute Gasteiger partial charge is 0.487 e. The van der Waals surface area contributed by atoms with E-state index in [0.717, 1.165) is 17.8 Å². The fraction of sp³-hybridized carbons (Fsp3) is 0.286. The second-order valence-electron chi connectivity index (χ2n) is 9.07. The fourth-order valence-electron chi connectivity index (χ4n) is 4.12. The summed E-state index contributed by atoms with van der Waals surface area (Å²) >= 11 is 0. The molecule has 0 aromatic heterocycles. The van der Waals surface area contributed by atoms with Crippen molar-refractivity contribution in [1.29, 1.82) is 5.26 Å². The molecule has 39 heavy (non-hydrogen) atoms. The monoisotopic (exact) mass is 557 g/mol. The van der Waals surface area contributed by atoms with Gasteiger partial charge < -0.3 is 15.0 Å². The molecule has 0 spiro atoms. The Labute approximate surface area is 224 Å². The maximum absolute atomic E-state index is 12.9. The number of ether oxygens (including phenoxy) is 1. The molecule has 0 aliphatic carbocycles. The molecule has 1 saturated heterocycles. The molecule has 11 heteroatoms. The molecule has 1 unspecified atom stereocenters. The first kappa shape index (κ1) is 28.0. The van der Waals surface area contributed by atoms with Crippen molar-refractivity contribution < 1.29 is 31.1 Å². The lowest BCUT2D eigenvalue weighted by molar-refractivity contribution is -0.137. The average Bonchev–Trinajstić information content (AvgIpc) is 2.90. The van der Waals surface area contributed by atoms with E-state index in [4.69, 9.17) is 4.74 Å². The molecule has 1 atom stereocenters. The summed E-state index contributed by atoms with van der Waals surface area (Å²) in [6.07, 6.45) is -4.55. The number of rotatable bonds is 9. The van der Waals surface area contributed by atoms with E-state index in [9.17, 15) is 31.6 Å². The van der Waals surface area contributed by atoms with Crippen LogP contribution in [0.1, 0.15) is 40.9 Å². The highest BCUT2D eigenvalue weighted by Gasteiger charge is 2.31. The first-order valence-corrected chi connectivity index (χ1v) is 13.8. The molecule has 1 aliphatic rings. The smallest absolute Gasteiger partial charge is 0.416 e. The van der Waals surface area contributed by atoms with Crippen LogP contribution in [0.15, 0.2) is 77.7 Å². The Bertz CT molecular complexity index is 1440. The van der Waals surface area contributed by atoms with Crippen LogP contribution >= 0.6 is 0 Å². The first-order valence-electron chi connectivity index (χ1n) is 12.2. The molecule has 3 aromatic rings. The predicted octanol–water partition coefficient (Wildman–Crippen LogP) is 5.15. The number of nitriles is 1. The Morgan fingerprint density at radius 3 is 2.21 bits per heavy atom. The van der Waals surface area contributed by atoms with Crippen molar-refractivity contribution in [2.75, 3.05) is 23.7 Å². The Morgan fingerprint density at radius 2 is 1.67 bits per heavy atom. The number of nitrogens with one attached hydrogen (secondary N) is 1. The highest BCUT2D eigenvalue weighted by atomic mass is 32.2. The number of halogens is 3. The van der Waals surface area contributed by atoms with Crippen LogP contribution in [-0.4, -0.2) is 39.3 Å². The van der Waals surface area contributed by atoms with Crippen molar-refractivity contribution in [3.8, 4) is 11.8 Å². The topological polar surface area (TPSA) is 99.5 Å². The maximum atomic E-state index is 12.9. The summed E-state index contributed by atoms with van der Waals surface area (Å²) < 4.78 is 68.0. The second-order valence-corrected chi connectivity index (χ2v) is 11.4. The SMILES string of the molecule is CCS(=O)(=O)c1ccc(C(CC#N)NC(=O)c2ccc(N3CC(Oc4ccc(C(F)(F)F)cc4)C3)cc2)cc1. The van der Waals surface area contributed by atoms with Crippen LogP contribution in [0.2, 0.25) is 0 Å². The maximum Gasteiger partial charge on any atom is 0.416 e. The molecule has 204 valence electrons. The number of alkyl halides is 3. The van der Waals surface area contributed by atoms with E-state index in [1.807, 2.05) is 11.0 Å². The van der Waals surface area contributed by atoms with Gasteiger partial charge in [-0.3, -0.25) is 4.79 Å². The van der Waals surface area contributed by atoms with E-state index in [2.05, 4.69) is 5.32 Å². The van der Waals surface area contributed by atoms with Gasteiger partial charge in [0.25, 0.3) is 5.91 Å². The molecule has 7 nitrogen and oxygen atoms in total. The van der Waals surface area contributed by atoms with Crippen molar-refractivity contribution in [3.63, 3.8) is 0 Å². The van der Waals surface area contributed by atoms with E-state index in [-0.39, 0.29) is 29.1 Å². The number of hydrogen-bond donors (Lipinski definition) is 1. The van der Waals surface area contributed by atoms with Gasteiger partial charge in [0.1, 0.15) is 11.9 Å². The highest BCUT2D eigenvalue weighted by Crippen LogP contribution is 2.31. The zero-order chi connectivity index (χ0) is 28.2. The number of amides is 1. The van der Waals surface area contributed by atoms with Gasteiger partial charge in [-0.2, -0.15) is 18.4 Å². The molecule has 0 saturated carbocycles. The number of hydrogen-bond acceptors (Lipinski definition) is 6. The van der Waals surface area contributed by atoms with Crippen LogP contribution in [0.5, 0.6) is 5.75 Å². The van der Waals surface area contributed by atoms with Gasteiger partial charge in [0.2, 0.25) is 0 Å². The van der Waals surface area contributed by atoms with Gasteiger partial charge >= 0.3 is 6.18 Å². The van der Waals surface area contributed by atoms with E-state index in [1.54, 1.807) is 43.3 Å². The molecule has 4 rings (SSSR count). The van der Waals surface area contributed by atoms with Crippen molar-refractivity contribution in [2.45, 2.75) is 36.6 Å². The van der Waals surface area contributed by atoms with Crippen LogP contribution in [0.3, 0.4) is 0 Å². The molecular weight excluding hydrogens is 531 g/mol. The molecule has 1 heterocycles.